The lowest BCUT2D eigenvalue weighted by Crippen LogP contribution is -2.14. The van der Waals surface area contributed by atoms with Gasteiger partial charge in [0.05, 0.1) is 10.9 Å². The lowest BCUT2D eigenvalue weighted by Gasteiger charge is -2.11. The first kappa shape index (κ1) is 18.8. The Bertz CT molecular complexity index is 891. The van der Waals surface area contributed by atoms with Crippen LogP contribution in [0.3, 0.4) is 0 Å². The largest absolute Gasteiger partial charge is 0.293 e. The Labute approximate surface area is 165 Å². The van der Waals surface area contributed by atoms with Crippen molar-refractivity contribution in [3.8, 4) is 5.69 Å². The third-order valence-corrected chi connectivity index (χ3v) is 5.59. The number of carbonyl (C=O) groups is 1. The van der Waals surface area contributed by atoms with E-state index in [4.69, 9.17) is 0 Å². The van der Waals surface area contributed by atoms with E-state index in [9.17, 15) is 4.79 Å². The number of thioether (sulfide) groups is 1. The summed E-state index contributed by atoms with van der Waals surface area (Å²) in [4.78, 5) is 12.6. The van der Waals surface area contributed by atoms with E-state index in [1.54, 1.807) is 4.68 Å². The second-order valence-corrected chi connectivity index (χ2v) is 8.47. The van der Waals surface area contributed by atoms with Crippen molar-refractivity contribution in [1.29, 1.82) is 0 Å². The highest BCUT2D eigenvalue weighted by molar-refractivity contribution is 9.10. The molecule has 0 amide bonds. The van der Waals surface area contributed by atoms with Gasteiger partial charge in [-0.25, -0.2) is 0 Å². The minimum atomic E-state index is -0.295. The topological polar surface area (TPSA) is 60.7 Å². The van der Waals surface area contributed by atoms with E-state index in [0.29, 0.717) is 16.6 Å². The first-order valence-corrected chi connectivity index (χ1v) is 9.98. The van der Waals surface area contributed by atoms with Crippen molar-refractivity contribution in [3.05, 3.63) is 64.1 Å². The van der Waals surface area contributed by atoms with Crippen LogP contribution >= 0.6 is 27.7 Å². The predicted molar refractivity (Wildman–Crippen MR) is 107 cm³/mol. The summed E-state index contributed by atoms with van der Waals surface area (Å²) in [5.41, 5.74) is 2.81. The van der Waals surface area contributed by atoms with E-state index in [1.165, 1.54) is 17.3 Å². The van der Waals surface area contributed by atoms with Crippen molar-refractivity contribution in [3.63, 3.8) is 0 Å². The van der Waals surface area contributed by atoms with Crippen LogP contribution in [0.5, 0.6) is 0 Å². The molecule has 0 fully saturated rings. The van der Waals surface area contributed by atoms with Gasteiger partial charge in [0.25, 0.3) is 0 Å². The van der Waals surface area contributed by atoms with Crippen LogP contribution in [-0.4, -0.2) is 31.2 Å². The number of tetrazole rings is 1. The van der Waals surface area contributed by atoms with Gasteiger partial charge in [0, 0.05) is 10.0 Å². The van der Waals surface area contributed by atoms with Crippen LogP contribution in [-0.2, 0) is 0 Å². The number of nitrogens with zero attached hydrogens (tertiary/aromatic N) is 4. The van der Waals surface area contributed by atoms with E-state index in [2.05, 4.69) is 57.4 Å². The molecule has 134 valence electrons. The summed E-state index contributed by atoms with van der Waals surface area (Å²) in [6, 6.07) is 15.5. The zero-order chi connectivity index (χ0) is 18.7. The van der Waals surface area contributed by atoms with E-state index in [-0.39, 0.29) is 11.0 Å². The molecule has 1 heterocycles. The zero-order valence-electron chi connectivity index (χ0n) is 14.8. The average Bonchev–Trinajstić information content (AvgIpc) is 3.10. The molecule has 0 aliphatic heterocycles. The number of aromatic nitrogens is 4. The van der Waals surface area contributed by atoms with Gasteiger partial charge in [-0.2, -0.15) is 4.68 Å². The fraction of sp³-hybridized carbons (Fsp3) is 0.263. The normalized spacial score (nSPS) is 12.3. The Morgan fingerprint density at radius 3 is 2.31 bits per heavy atom. The Morgan fingerprint density at radius 2 is 1.69 bits per heavy atom. The summed E-state index contributed by atoms with van der Waals surface area (Å²) in [5, 5.41) is 12.2. The number of carbonyl (C=O) groups excluding carboxylic acids is 1. The molecule has 1 unspecified atom stereocenters. The Balaban J connectivity index is 1.78. The maximum absolute atomic E-state index is 12.6. The highest BCUT2D eigenvalue weighted by Crippen LogP contribution is 2.26. The van der Waals surface area contributed by atoms with Gasteiger partial charge in [-0.15, -0.1) is 5.10 Å². The lowest BCUT2D eigenvalue weighted by atomic mass is 10.0. The highest BCUT2D eigenvalue weighted by Gasteiger charge is 2.20. The summed E-state index contributed by atoms with van der Waals surface area (Å²) in [6.45, 7) is 6.18. The fourth-order valence-corrected chi connectivity index (χ4v) is 3.62. The molecule has 7 heteroatoms. The Kier molecular flexibility index (Phi) is 5.88. The minimum absolute atomic E-state index is 0.0483. The van der Waals surface area contributed by atoms with Gasteiger partial charge < -0.3 is 0 Å². The molecule has 2 aromatic carbocycles. The van der Waals surface area contributed by atoms with Crippen molar-refractivity contribution in [2.75, 3.05) is 0 Å². The summed E-state index contributed by atoms with van der Waals surface area (Å²) in [7, 11) is 0. The van der Waals surface area contributed by atoms with Gasteiger partial charge in [0.1, 0.15) is 0 Å². The van der Waals surface area contributed by atoms with Gasteiger partial charge in [-0.3, -0.25) is 4.79 Å². The minimum Gasteiger partial charge on any atom is -0.293 e. The van der Waals surface area contributed by atoms with Crippen LogP contribution < -0.4 is 0 Å². The van der Waals surface area contributed by atoms with Crippen LogP contribution in [0.25, 0.3) is 5.69 Å². The third kappa shape index (κ3) is 4.22. The van der Waals surface area contributed by atoms with Crippen molar-refractivity contribution in [2.45, 2.75) is 37.1 Å². The molecule has 3 aromatic rings. The molecule has 3 rings (SSSR count). The molecular weight excluding hydrogens is 412 g/mol. The molecule has 0 aliphatic rings. The van der Waals surface area contributed by atoms with Gasteiger partial charge >= 0.3 is 0 Å². The molecular formula is C19H19BrN4OS. The first-order valence-electron chi connectivity index (χ1n) is 8.31. The standard InChI is InChI=1S/C19H19BrN4OS/c1-12(2)14-6-10-17(11-7-14)24-19(21-22-23-24)26-13(3)18(25)15-4-8-16(20)9-5-15/h4-13H,1-3H3. The molecule has 26 heavy (non-hydrogen) atoms. The SMILES string of the molecule is CC(Sc1nnnn1-c1ccc(C(C)C)cc1)C(=O)c1ccc(Br)cc1. The van der Waals surface area contributed by atoms with Gasteiger partial charge in [-0.1, -0.05) is 65.8 Å². The van der Waals surface area contributed by atoms with E-state index < -0.39 is 0 Å². The van der Waals surface area contributed by atoms with E-state index >= 15 is 0 Å². The summed E-state index contributed by atoms with van der Waals surface area (Å²) in [6.07, 6.45) is 0. The summed E-state index contributed by atoms with van der Waals surface area (Å²) < 4.78 is 2.61. The van der Waals surface area contributed by atoms with Crippen molar-refractivity contribution < 1.29 is 4.79 Å². The first-order chi connectivity index (χ1) is 12.5. The van der Waals surface area contributed by atoms with Crippen LogP contribution in [0, 0.1) is 0 Å². The Morgan fingerprint density at radius 1 is 1.04 bits per heavy atom. The highest BCUT2D eigenvalue weighted by atomic mass is 79.9. The number of hydrogen-bond donors (Lipinski definition) is 0. The quantitative estimate of drug-likeness (QED) is 0.410. The van der Waals surface area contributed by atoms with Gasteiger partial charge in [0.2, 0.25) is 5.16 Å². The molecule has 0 saturated heterocycles. The van der Waals surface area contributed by atoms with Crippen molar-refractivity contribution in [2.24, 2.45) is 0 Å². The average molecular weight is 431 g/mol. The van der Waals surface area contributed by atoms with Gasteiger partial charge in [0.15, 0.2) is 5.78 Å². The van der Waals surface area contributed by atoms with Crippen molar-refractivity contribution >= 4 is 33.5 Å². The number of ketones is 1. The second kappa shape index (κ2) is 8.14. The van der Waals surface area contributed by atoms with Crippen LogP contribution in [0.2, 0.25) is 0 Å². The van der Waals surface area contributed by atoms with Gasteiger partial charge in [-0.05, 0) is 53.1 Å². The second-order valence-electron chi connectivity index (χ2n) is 6.25. The molecule has 0 N–H and O–H groups in total. The third-order valence-electron chi connectivity index (χ3n) is 4.03. The monoisotopic (exact) mass is 430 g/mol. The molecule has 1 atom stereocenters. The van der Waals surface area contributed by atoms with Crippen molar-refractivity contribution in [1.82, 2.24) is 20.2 Å². The molecule has 0 saturated carbocycles. The summed E-state index contributed by atoms with van der Waals surface area (Å²) >= 11 is 4.74. The molecule has 0 aliphatic carbocycles. The molecule has 0 spiro atoms. The molecule has 0 bridgehead atoms. The Hall–Kier alpha value is -1.99. The number of rotatable bonds is 6. The number of hydrogen-bond acceptors (Lipinski definition) is 5. The number of halogens is 1. The smallest absolute Gasteiger partial charge is 0.214 e. The molecule has 1 aromatic heterocycles. The fourth-order valence-electron chi connectivity index (χ4n) is 2.48. The van der Waals surface area contributed by atoms with E-state index in [1.807, 2.05) is 43.3 Å². The zero-order valence-corrected chi connectivity index (χ0v) is 17.2. The van der Waals surface area contributed by atoms with E-state index in [0.717, 1.165) is 10.2 Å². The predicted octanol–water partition coefficient (Wildman–Crippen LogP) is 4.91. The summed E-state index contributed by atoms with van der Waals surface area (Å²) in [5.74, 6) is 0.516. The van der Waals surface area contributed by atoms with Crippen LogP contribution in [0.4, 0.5) is 0 Å². The molecule has 5 nitrogen and oxygen atoms in total. The maximum Gasteiger partial charge on any atom is 0.214 e. The molecule has 0 radical (unpaired) electrons. The lowest BCUT2D eigenvalue weighted by molar-refractivity contribution is 0.0994. The number of Topliss-reactive ketones (excluding diaryl/α,β-unsaturated/α-hetero) is 1. The van der Waals surface area contributed by atoms with Crippen LogP contribution in [0.15, 0.2) is 58.2 Å². The number of benzene rings is 2. The van der Waals surface area contributed by atoms with Crippen LogP contribution in [0.1, 0.15) is 42.6 Å². The maximum atomic E-state index is 12.6.